The maximum absolute atomic E-state index is 12.1. The van der Waals surface area contributed by atoms with E-state index in [0.717, 1.165) is 34.1 Å². The van der Waals surface area contributed by atoms with Crippen molar-refractivity contribution in [3.05, 3.63) is 59.8 Å². The van der Waals surface area contributed by atoms with Crippen LogP contribution < -0.4 is 19.5 Å². The van der Waals surface area contributed by atoms with E-state index < -0.39 is 0 Å². The second-order valence-electron chi connectivity index (χ2n) is 6.96. The van der Waals surface area contributed by atoms with Crippen LogP contribution in [0, 0.1) is 0 Å². The Morgan fingerprint density at radius 1 is 1.10 bits per heavy atom. The minimum atomic E-state index is 0.00268. The van der Waals surface area contributed by atoms with Gasteiger partial charge in [0.15, 0.2) is 17.3 Å². The van der Waals surface area contributed by atoms with Crippen LogP contribution in [-0.2, 0) is 17.8 Å². The number of nitrogens with zero attached hydrogens (tertiary/aromatic N) is 1. The molecule has 3 aromatic rings. The SMILES string of the molecule is CCOc1ccc(-c2cc(CCCC(=O)NCc3ccc4c(c3)OCO4)no2)cc1. The van der Waals surface area contributed by atoms with Crippen molar-refractivity contribution in [2.24, 2.45) is 0 Å². The van der Waals surface area contributed by atoms with E-state index in [1.165, 1.54) is 0 Å². The van der Waals surface area contributed by atoms with Gasteiger partial charge in [0.1, 0.15) is 5.75 Å². The van der Waals surface area contributed by atoms with Crippen molar-refractivity contribution in [2.75, 3.05) is 13.4 Å². The van der Waals surface area contributed by atoms with Crippen LogP contribution >= 0.6 is 0 Å². The summed E-state index contributed by atoms with van der Waals surface area (Å²) in [6.45, 7) is 3.29. The van der Waals surface area contributed by atoms with E-state index in [4.69, 9.17) is 18.7 Å². The molecule has 0 unspecified atom stereocenters. The Balaban J connectivity index is 1.21. The summed E-state index contributed by atoms with van der Waals surface area (Å²) in [5.74, 6) is 2.99. The van der Waals surface area contributed by atoms with Crippen LogP contribution in [-0.4, -0.2) is 24.5 Å². The molecule has 7 nitrogen and oxygen atoms in total. The summed E-state index contributed by atoms with van der Waals surface area (Å²) in [7, 11) is 0. The van der Waals surface area contributed by atoms with Gasteiger partial charge >= 0.3 is 0 Å². The molecule has 0 aliphatic carbocycles. The number of hydrogen-bond acceptors (Lipinski definition) is 6. The number of fused-ring (bicyclic) bond motifs is 1. The van der Waals surface area contributed by atoms with Crippen molar-refractivity contribution < 1.29 is 23.5 Å². The molecule has 2 aromatic carbocycles. The molecule has 0 bridgehead atoms. The van der Waals surface area contributed by atoms with Crippen molar-refractivity contribution >= 4 is 5.91 Å². The smallest absolute Gasteiger partial charge is 0.231 e. The molecule has 1 aliphatic rings. The van der Waals surface area contributed by atoms with Gasteiger partial charge in [-0.2, -0.15) is 0 Å². The van der Waals surface area contributed by atoms with Crippen LogP contribution in [0.15, 0.2) is 53.1 Å². The molecule has 0 atom stereocenters. The Bertz CT molecular complexity index is 997. The lowest BCUT2D eigenvalue weighted by Gasteiger charge is -2.06. The molecule has 0 saturated heterocycles. The zero-order valence-corrected chi connectivity index (χ0v) is 16.8. The van der Waals surface area contributed by atoms with Gasteiger partial charge in [-0.1, -0.05) is 11.2 Å². The Hall–Kier alpha value is -3.48. The molecule has 7 heteroatoms. The second kappa shape index (κ2) is 9.35. The third-order valence-electron chi connectivity index (χ3n) is 4.77. The lowest BCUT2D eigenvalue weighted by Crippen LogP contribution is -2.22. The van der Waals surface area contributed by atoms with Gasteiger partial charge in [-0.15, -0.1) is 0 Å². The van der Waals surface area contributed by atoms with Gasteiger partial charge < -0.3 is 24.1 Å². The number of carbonyl (C=O) groups is 1. The van der Waals surface area contributed by atoms with Crippen LogP contribution in [0.4, 0.5) is 0 Å². The molecule has 156 valence electrons. The standard InChI is InChI=1S/C23H24N2O5/c1-2-27-19-9-7-17(8-10-19)21-13-18(25-30-21)4-3-5-23(26)24-14-16-6-11-20-22(12-16)29-15-28-20/h6-13H,2-5,14-15H2,1H3,(H,24,26). The summed E-state index contributed by atoms with van der Waals surface area (Å²) in [6, 6.07) is 15.3. The van der Waals surface area contributed by atoms with Crippen molar-refractivity contribution in [2.45, 2.75) is 32.7 Å². The lowest BCUT2D eigenvalue weighted by atomic mass is 10.1. The third kappa shape index (κ3) is 4.92. The third-order valence-corrected chi connectivity index (χ3v) is 4.77. The highest BCUT2D eigenvalue weighted by Crippen LogP contribution is 2.32. The fourth-order valence-electron chi connectivity index (χ4n) is 3.22. The Morgan fingerprint density at radius 2 is 1.93 bits per heavy atom. The molecule has 0 saturated carbocycles. The Morgan fingerprint density at radius 3 is 2.77 bits per heavy atom. The van der Waals surface area contributed by atoms with E-state index in [1.54, 1.807) is 0 Å². The zero-order valence-electron chi connectivity index (χ0n) is 16.8. The average Bonchev–Trinajstić information content (AvgIpc) is 3.42. The first-order valence-electron chi connectivity index (χ1n) is 10.1. The number of carbonyl (C=O) groups excluding carboxylic acids is 1. The van der Waals surface area contributed by atoms with E-state index >= 15 is 0 Å². The number of amides is 1. The fourth-order valence-corrected chi connectivity index (χ4v) is 3.22. The second-order valence-corrected chi connectivity index (χ2v) is 6.96. The molecule has 1 aliphatic heterocycles. The predicted molar refractivity (Wildman–Crippen MR) is 110 cm³/mol. The number of rotatable bonds is 9. The summed E-state index contributed by atoms with van der Waals surface area (Å²) >= 11 is 0. The maximum Gasteiger partial charge on any atom is 0.231 e. The maximum atomic E-state index is 12.1. The molecule has 2 heterocycles. The highest BCUT2D eigenvalue weighted by molar-refractivity contribution is 5.75. The highest BCUT2D eigenvalue weighted by Gasteiger charge is 2.13. The molecule has 30 heavy (non-hydrogen) atoms. The number of hydrogen-bond donors (Lipinski definition) is 1. The van der Waals surface area contributed by atoms with Crippen LogP contribution in [0.5, 0.6) is 17.2 Å². The topological polar surface area (TPSA) is 82.8 Å². The first-order chi connectivity index (χ1) is 14.7. The molecule has 4 rings (SSSR count). The average molecular weight is 408 g/mol. The molecule has 0 radical (unpaired) electrons. The van der Waals surface area contributed by atoms with Gasteiger partial charge in [0.05, 0.1) is 12.3 Å². The highest BCUT2D eigenvalue weighted by atomic mass is 16.7. The van der Waals surface area contributed by atoms with Gasteiger partial charge in [-0.3, -0.25) is 4.79 Å². The van der Waals surface area contributed by atoms with Crippen molar-refractivity contribution in [1.29, 1.82) is 0 Å². The Kier molecular flexibility index (Phi) is 6.17. The molecular formula is C23H24N2O5. The minimum absolute atomic E-state index is 0.00268. The van der Waals surface area contributed by atoms with Crippen molar-refractivity contribution in [3.63, 3.8) is 0 Å². The van der Waals surface area contributed by atoms with E-state index in [-0.39, 0.29) is 12.7 Å². The van der Waals surface area contributed by atoms with E-state index in [2.05, 4.69) is 10.5 Å². The summed E-state index contributed by atoms with van der Waals surface area (Å²) in [5.41, 5.74) is 2.75. The fraction of sp³-hybridized carbons (Fsp3) is 0.304. The number of ether oxygens (including phenoxy) is 3. The lowest BCUT2D eigenvalue weighted by molar-refractivity contribution is -0.121. The van der Waals surface area contributed by atoms with Gasteiger partial charge in [-0.05, 0) is 61.7 Å². The van der Waals surface area contributed by atoms with Crippen LogP contribution in [0.2, 0.25) is 0 Å². The normalized spacial score (nSPS) is 12.0. The van der Waals surface area contributed by atoms with Crippen molar-refractivity contribution in [1.82, 2.24) is 10.5 Å². The monoisotopic (exact) mass is 408 g/mol. The van der Waals surface area contributed by atoms with Crippen LogP contribution in [0.1, 0.15) is 31.0 Å². The van der Waals surface area contributed by atoms with Crippen molar-refractivity contribution in [3.8, 4) is 28.6 Å². The van der Waals surface area contributed by atoms with Crippen LogP contribution in [0.25, 0.3) is 11.3 Å². The zero-order chi connectivity index (χ0) is 20.8. The molecule has 0 fully saturated rings. The van der Waals surface area contributed by atoms with Gasteiger partial charge in [0, 0.05) is 24.6 Å². The number of nitrogens with one attached hydrogen (secondary N) is 1. The number of benzene rings is 2. The summed E-state index contributed by atoms with van der Waals surface area (Å²) in [6.07, 6.45) is 1.80. The largest absolute Gasteiger partial charge is 0.494 e. The van der Waals surface area contributed by atoms with E-state index in [9.17, 15) is 4.79 Å². The number of aryl methyl sites for hydroxylation is 1. The molecule has 0 spiro atoms. The minimum Gasteiger partial charge on any atom is -0.494 e. The number of aromatic nitrogens is 1. The van der Waals surface area contributed by atoms with E-state index in [1.807, 2.05) is 55.5 Å². The first kappa shape index (κ1) is 19.8. The first-order valence-corrected chi connectivity index (χ1v) is 10.1. The molecule has 1 aromatic heterocycles. The molecule has 1 N–H and O–H groups in total. The predicted octanol–water partition coefficient (Wildman–Crippen LogP) is 4.11. The summed E-state index contributed by atoms with van der Waals surface area (Å²) in [4.78, 5) is 12.1. The van der Waals surface area contributed by atoms with Gasteiger partial charge in [-0.25, -0.2) is 0 Å². The Labute approximate surface area is 174 Å². The molecule has 1 amide bonds. The van der Waals surface area contributed by atoms with E-state index in [0.29, 0.717) is 38.2 Å². The molecular weight excluding hydrogens is 384 g/mol. The summed E-state index contributed by atoms with van der Waals surface area (Å²) < 4.78 is 21.5. The van der Waals surface area contributed by atoms with Gasteiger partial charge in [0.25, 0.3) is 0 Å². The summed E-state index contributed by atoms with van der Waals surface area (Å²) in [5, 5.41) is 7.04. The quantitative estimate of drug-likeness (QED) is 0.574. The van der Waals surface area contributed by atoms with Gasteiger partial charge in [0.2, 0.25) is 12.7 Å². The van der Waals surface area contributed by atoms with Crippen LogP contribution in [0.3, 0.4) is 0 Å².